The fourth-order valence-electron chi connectivity index (χ4n) is 1.01. The fourth-order valence-corrected chi connectivity index (χ4v) is 1.01. The predicted octanol–water partition coefficient (Wildman–Crippen LogP) is 1.84. The summed E-state index contributed by atoms with van der Waals surface area (Å²) in [5, 5.41) is 2.61. The highest BCUT2D eigenvalue weighted by Gasteiger charge is 2.08. The molecule has 0 saturated carbocycles. The van der Waals surface area contributed by atoms with Crippen molar-refractivity contribution in [2.45, 2.75) is 19.9 Å². The quantitative estimate of drug-likeness (QED) is 0.818. The summed E-state index contributed by atoms with van der Waals surface area (Å²) in [4.78, 5) is 11.2. The molecule has 1 amide bonds. The smallest absolute Gasteiger partial charge is 0.241 e. The summed E-state index contributed by atoms with van der Waals surface area (Å²) in [7, 11) is 0. The molecule has 0 radical (unpaired) electrons. The number of hydrogen-bond donors (Lipinski definition) is 2. The average molecular weight is 233 g/mol. The maximum atomic E-state index is 12.7. The normalized spacial score (nSPS) is 11.5. The van der Waals surface area contributed by atoms with Crippen LogP contribution in [0.2, 0.25) is 0 Å². The van der Waals surface area contributed by atoms with Gasteiger partial charge in [0.15, 0.2) is 0 Å². The third kappa shape index (κ3) is 3.85. The number of carbonyl (C=O) groups is 1. The van der Waals surface area contributed by atoms with E-state index in [9.17, 15) is 9.18 Å². The number of nitrogens with one attached hydrogen (secondary N) is 1. The largest absolute Gasteiger partial charge is 0.325 e. The summed E-state index contributed by atoms with van der Waals surface area (Å²) in [6.45, 7) is 3.31. The molecule has 1 aromatic rings. The van der Waals surface area contributed by atoms with Crippen LogP contribution < -0.4 is 11.1 Å². The fraction of sp³-hybridized carbons (Fsp3) is 0.300. The minimum absolute atomic E-state index is 0. The van der Waals surface area contributed by atoms with Crippen LogP contribution in [0.5, 0.6) is 0 Å². The van der Waals surface area contributed by atoms with Crippen LogP contribution in [0.3, 0.4) is 0 Å². The SMILES string of the molecule is Cc1cc(F)ccc1NC(=O)[C@@H](C)N.Cl. The number of aryl methyl sites for hydroxylation is 1. The number of anilines is 1. The van der Waals surface area contributed by atoms with Gasteiger partial charge in [-0.05, 0) is 37.6 Å². The van der Waals surface area contributed by atoms with E-state index >= 15 is 0 Å². The van der Waals surface area contributed by atoms with Crippen LogP contribution in [0, 0.1) is 12.7 Å². The van der Waals surface area contributed by atoms with Crippen LogP contribution in [0.25, 0.3) is 0 Å². The van der Waals surface area contributed by atoms with Gasteiger partial charge in [-0.2, -0.15) is 0 Å². The lowest BCUT2D eigenvalue weighted by Crippen LogP contribution is -2.32. The number of hydrogen-bond acceptors (Lipinski definition) is 2. The first-order valence-electron chi connectivity index (χ1n) is 4.33. The lowest BCUT2D eigenvalue weighted by Gasteiger charge is -2.09. The number of rotatable bonds is 2. The van der Waals surface area contributed by atoms with Gasteiger partial charge in [0.2, 0.25) is 5.91 Å². The first-order chi connectivity index (χ1) is 6.50. The van der Waals surface area contributed by atoms with Gasteiger partial charge in [0.25, 0.3) is 0 Å². The Bertz CT molecular complexity index is 355. The molecule has 0 unspecified atom stereocenters. The minimum Gasteiger partial charge on any atom is -0.325 e. The standard InChI is InChI=1S/C10H13FN2O.ClH/c1-6-5-8(11)3-4-9(6)13-10(14)7(2)12;/h3-5,7H,12H2,1-2H3,(H,13,14);1H/t7-;/m1./s1. The van der Waals surface area contributed by atoms with Gasteiger partial charge in [-0.25, -0.2) is 4.39 Å². The molecule has 0 fully saturated rings. The van der Waals surface area contributed by atoms with Gasteiger partial charge in [0, 0.05) is 5.69 Å². The maximum absolute atomic E-state index is 12.7. The van der Waals surface area contributed by atoms with Crippen LogP contribution in [-0.4, -0.2) is 11.9 Å². The van der Waals surface area contributed by atoms with Crippen molar-refractivity contribution in [1.29, 1.82) is 0 Å². The molecule has 0 aliphatic rings. The number of halogens is 2. The third-order valence-corrected chi connectivity index (χ3v) is 1.86. The van der Waals surface area contributed by atoms with Gasteiger partial charge >= 0.3 is 0 Å². The zero-order valence-electron chi connectivity index (χ0n) is 8.58. The molecule has 0 bridgehead atoms. The maximum Gasteiger partial charge on any atom is 0.241 e. The lowest BCUT2D eigenvalue weighted by atomic mass is 10.2. The van der Waals surface area contributed by atoms with Crippen molar-refractivity contribution in [3.05, 3.63) is 29.6 Å². The summed E-state index contributed by atoms with van der Waals surface area (Å²) in [5.74, 6) is -0.596. The van der Waals surface area contributed by atoms with E-state index in [1.165, 1.54) is 18.2 Å². The molecule has 0 aromatic heterocycles. The van der Waals surface area contributed by atoms with Gasteiger partial charge < -0.3 is 11.1 Å². The van der Waals surface area contributed by atoms with Crippen LogP contribution in [-0.2, 0) is 4.79 Å². The van der Waals surface area contributed by atoms with Gasteiger partial charge in [-0.1, -0.05) is 0 Å². The van der Waals surface area contributed by atoms with Crippen molar-refractivity contribution in [1.82, 2.24) is 0 Å². The first-order valence-corrected chi connectivity index (χ1v) is 4.33. The highest BCUT2D eigenvalue weighted by atomic mass is 35.5. The summed E-state index contributed by atoms with van der Waals surface area (Å²) in [5.41, 5.74) is 6.65. The Morgan fingerprint density at radius 2 is 2.13 bits per heavy atom. The van der Waals surface area contributed by atoms with Gasteiger partial charge in [0.1, 0.15) is 5.82 Å². The third-order valence-electron chi connectivity index (χ3n) is 1.86. The van der Waals surface area contributed by atoms with Crippen molar-refractivity contribution < 1.29 is 9.18 Å². The number of amides is 1. The van der Waals surface area contributed by atoms with Crippen molar-refractivity contribution in [3.63, 3.8) is 0 Å². The molecular weight excluding hydrogens is 219 g/mol. The van der Waals surface area contributed by atoms with E-state index in [2.05, 4.69) is 5.32 Å². The van der Waals surface area contributed by atoms with Crippen molar-refractivity contribution in [2.75, 3.05) is 5.32 Å². The molecule has 15 heavy (non-hydrogen) atoms. The topological polar surface area (TPSA) is 55.1 Å². The van der Waals surface area contributed by atoms with E-state index in [1.54, 1.807) is 13.8 Å². The molecule has 1 rings (SSSR count). The zero-order valence-corrected chi connectivity index (χ0v) is 9.40. The molecule has 1 atom stereocenters. The first kappa shape index (κ1) is 13.9. The average Bonchev–Trinajstić information content (AvgIpc) is 2.09. The number of carbonyl (C=O) groups excluding carboxylic acids is 1. The lowest BCUT2D eigenvalue weighted by molar-refractivity contribution is -0.117. The van der Waals surface area contributed by atoms with E-state index < -0.39 is 6.04 Å². The molecule has 5 heteroatoms. The molecular formula is C10H14ClFN2O. The van der Waals surface area contributed by atoms with E-state index in [4.69, 9.17) is 5.73 Å². The Morgan fingerprint density at radius 3 is 2.60 bits per heavy atom. The van der Waals surface area contributed by atoms with Gasteiger partial charge in [0.05, 0.1) is 6.04 Å². The van der Waals surface area contributed by atoms with Crippen LogP contribution in [0.1, 0.15) is 12.5 Å². The molecule has 0 saturated heterocycles. The second-order valence-electron chi connectivity index (χ2n) is 3.24. The molecule has 0 aliphatic carbocycles. The van der Waals surface area contributed by atoms with Gasteiger partial charge in [-0.3, -0.25) is 4.79 Å². The number of benzene rings is 1. The summed E-state index contributed by atoms with van der Waals surface area (Å²) in [6.07, 6.45) is 0. The molecule has 3 nitrogen and oxygen atoms in total. The Kier molecular flexibility index (Phi) is 5.25. The molecule has 0 spiro atoms. The summed E-state index contributed by atoms with van der Waals surface area (Å²) < 4.78 is 12.7. The van der Waals surface area contributed by atoms with Crippen LogP contribution >= 0.6 is 12.4 Å². The Balaban J connectivity index is 0.00000196. The van der Waals surface area contributed by atoms with Crippen molar-refractivity contribution in [3.8, 4) is 0 Å². The summed E-state index contributed by atoms with van der Waals surface area (Å²) in [6, 6.07) is 3.60. The van der Waals surface area contributed by atoms with E-state index in [-0.39, 0.29) is 24.1 Å². The van der Waals surface area contributed by atoms with E-state index in [1.807, 2.05) is 0 Å². The highest BCUT2D eigenvalue weighted by molar-refractivity contribution is 5.94. The van der Waals surface area contributed by atoms with Crippen LogP contribution in [0.4, 0.5) is 10.1 Å². The molecule has 1 aromatic carbocycles. The Labute approximate surface area is 94.3 Å². The Hall–Kier alpha value is -1.13. The molecule has 3 N–H and O–H groups in total. The van der Waals surface area contributed by atoms with Gasteiger partial charge in [-0.15, -0.1) is 12.4 Å². The highest BCUT2D eigenvalue weighted by Crippen LogP contribution is 2.15. The molecule has 0 aliphatic heterocycles. The van der Waals surface area contributed by atoms with E-state index in [0.717, 1.165) is 0 Å². The minimum atomic E-state index is -0.570. The monoisotopic (exact) mass is 232 g/mol. The molecule has 84 valence electrons. The number of nitrogens with two attached hydrogens (primary N) is 1. The Morgan fingerprint density at radius 1 is 1.53 bits per heavy atom. The predicted molar refractivity (Wildman–Crippen MR) is 60.7 cm³/mol. The zero-order chi connectivity index (χ0) is 10.7. The second kappa shape index (κ2) is 5.68. The van der Waals surface area contributed by atoms with Crippen molar-refractivity contribution >= 4 is 24.0 Å². The van der Waals surface area contributed by atoms with E-state index in [0.29, 0.717) is 11.3 Å². The van der Waals surface area contributed by atoms with Crippen molar-refractivity contribution in [2.24, 2.45) is 5.73 Å². The van der Waals surface area contributed by atoms with Crippen LogP contribution in [0.15, 0.2) is 18.2 Å². The molecule has 0 heterocycles. The summed E-state index contributed by atoms with van der Waals surface area (Å²) >= 11 is 0. The second-order valence-corrected chi connectivity index (χ2v) is 3.24.